The lowest BCUT2D eigenvalue weighted by molar-refractivity contribution is -0.302. The number of aliphatic hydroxyl groups excluding tert-OH is 5. The first-order valence-corrected chi connectivity index (χ1v) is 29.1. The van der Waals surface area contributed by atoms with Crippen molar-refractivity contribution in [3.8, 4) is 0 Å². The average molecular weight is 1010 g/mol. The molecule has 1 amide bonds. The van der Waals surface area contributed by atoms with Gasteiger partial charge in [0.2, 0.25) is 5.91 Å². The fraction of sp³-hybridized carbons (Fsp3) is 0.698. The van der Waals surface area contributed by atoms with Crippen LogP contribution >= 0.6 is 0 Å². The average Bonchev–Trinajstić information content (AvgIpc) is 3.38. The highest BCUT2D eigenvalue weighted by Crippen LogP contribution is 2.23. The van der Waals surface area contributed by atoms with Crippen LogP contribution in [-0.4, -0.2) is 87.5 Å². The number of hydrogen-bond donors (Lipinski definition) is 6. The summed E-state index contributed by atoms with van der Waals surface area (Å²) in [7, 11) is 0. The number of rotatable bonds is 48. The second-order valence-electron chi connectivity index (χ2n) is 19.7. The SMILES string of the molecule is CC/C=C\C/C=C\C/C=C\C/C=C\C/C=C\C/C=C\CCC(=O)NC(COC1OC(CO)C(O)C(O)C1O)C(O)/C=C/CC/C=C/CC/C=C/CCCCCCCCCCCCCCCCCCCCCC. The maximum absolute atomic E-state index is 13.0. The van der Waals surface area contributed by atoms with E-state index in [-0.39, 0.29) is 18.9 Å². The fourth-order valence-electron chi connectivity index (χ4n) is 8.51. The summed E-state index contributed by atoms with van der Waals surface area (Å²) >= 11 is 0. The van der Waals surface area contributed by atoms with E-state index in [1.807, 2.05) is 18.2 Å². The van der Waals surface area contributed by atoms with Gasteiger partial charge in [0, 0.05) is 6.42 Å². The summed E-state index contributed by atoms with van der Waals surface area (Å²) in [5.74, 6) is -0.276. The van der Waals surface area contributed by atoms with E-state index >= 15 is 0 Å². The van der Waals surface area contributed by atoms with E-state index in [1.54, 1.807) is 6.08 Å². The van der Waals surface area contributed by atoms with Crippen LogP contribution in [0.3, 0.4) is 0 Å². The molecule has 9 nitrogen and oxygen atoms in total. The van der Waals surface area contributed by atoms with Crippen molar-refractivity contribution in [3.05, 3.63) is 109 Å². The van der Waals surface area contributed by atoms with Gasteiger partial charge in [0.1, 0.15) is 24.4 Å². The van der Waals surface area contributed by atoms with Gasteiger partial charge in [0.05, 0.1) is 25.4 Å². The second kappa shape index (κ2) is 51.3. The van der Waals surface area contributed by atoms with E-state index in [0.717, 1.165) is 64.2 Å². The number of allylic oxidation sites excluding steroid dienone is 17. The summed E-state index contributed by atoms with van der Waals surface area (Å²) < 4.78 is 11.2. The molecule has 0 aromatic carbocycles. The maximum atomic E-state index is 13.0. The van der Waals surface area contributed by atoms with Crippen LogP contribution in [0.2, 0.25) is 0 Å². The van der Waals surface area contributed by atoms with Crippen molar-refractivity contribution in [3.63, 3.8) is 0 Å². The van der Waals surface area contributed by atoms with Gasteiger partial charge in [-0.2, -0.15) is 0 Å². The summed E-state index contributed by atoms with van der Waals surface area (Å²) in [4.78, 5) is 13.0. The molecule has 1 aliphatic rings. The van der Waals surface area contributed by atoms with Gasteiger partial charge in [0.15, 0.2) is 6.29 Å². The molecule has 1 aliphatic heterocycles. The first-order chi connectivity index (χ1) is 35.3. The van der Waals surface area contributed by atoms with Crippen LogP contribution in [0.5, 0.6) is 0 Å². The highest BCUT2D eigenvalue weighted by Gasteiger charge is 2.44. The summed E-state index contributed by atoms with van der Waals surface area (Å²) in [5, 5.41) is 54.4. The van der Waals surface area contributed by atoms with Crippen molar-refractivity contribution < 1.29 is 39.8 Å². The number of unbranched alkanes of at least 4 members (excludes halogenated alkanes) is 22. The number of hydrogen-bond acceptors (Lipinski definition) is 8. The maximum Gasteiger partial charge on any atom is 0.220 e. The van der Waals surface area contributed by atoms with Crippen LogP contribution in [0, 0.1) is 0 Å². The van der Waals surface area contributed by atoms with Crippen molar-refractivity contribution in [2.75, 3.05) is 13.2 Å². The Bertz CT molecular complexity index is 1490. The Morgan fingerprint density at radius 2 is 0.875 bits per heavy atom. The molecule has 0 radical (unpaired) electrons. The first-order valence-electron chi connectivity index (χ1n) is 29.1. The summed E-state index contributed by atoms with van der Waals surface area (Å²) in [5.41, 5.74) is 0. The van der Waals surface area contributed by atoms with Crippen LogP contribution in [0.1, 0.15) is 226 Å². The minimum Gasteiger partial charge on any atom is -0.394 e. The third kappa shape index (κ3) is 40.3. The third-order valence-corrected chi connectivity index (χ3v) is 13.1. The molecular formula is C63H107NO8. The Hall–Kier alpha value is -3.15. The van der Waals surface area contributed by atoms with Crippen LogP contribution in [-0.2, 0) is 14.3 Å². The van der Waals surface area contributed by atoms with Gasteiger partial charge >= 0.3 is 0 Å². The number of aliphatic hydroxyl groups is 5. The first kappa shape index (κ1) is 66.9. The zero-order chi connectivity index (χ0) is 52.2. The van der Waals surface area contributed by atoms with Crippen LogP contribution in [0.15, 0.2) is 109 Å². The monoisotopic (exact) mass is 1010 g/mol. The Labute approximate surface area is 440 Å². The van der Waals surface area contributed by atoms with Crippen molar-refractivity contribution in [1.82, 2.24) is 5.32 Å². The Morgan fingerprint density at radius 3 is 1.32 bits per heavy atom. The molecule has 0 aromatic heterocycles. The quantitative estimate of drug-likeness (QED) is 0.0261. The third-order valence-electron chi connectivity index (χ3n) is 13.1. The molecule has 1 saturated heterocycles. The minimum atomic E-state index is -1.60. The van der Waals surface area contributed by atoms with E-state index in [4.69, 9.17) is 9.47 Å². The minimum absolute atomic E-state index is 0.203. The largest absolute Gasteiger partial charge is 0.394 e. The molecule has 72 heavy (non-hydrogen) atoms. The molecule has 6 N–H and O–H groups in total. The number of amides is 1. The van der Waals surface area contributed by atoms with Crippen molar-refractivity contribution in [2.24, 2.45) is 0 Å². The van der Waals surface area contributed by atoms with Gasteiger partial charge in [-0.1, -0.05) is 245 Å². The van der Waals surface area contributed by atoms with Gasteiger partial charge in [-0.05, 0) is 83.5 Å². The lowest BCUT2D eigenvalue weighted by atomic mass is 9.99. The fourth-order valence-corrected chi connectivity index (χ4v) is 8.51. The number of carbonyl (C=O) groups is 1. The van der Waals surface area contributed by atoms with Gasteiger partial charge in [-0.25, -0.2) is 0 Å². The summed E-state index contributed by atoms with van der Waals surface area (Å²) in [6.07, 6.45) is 69.0. The topological polar surface area (TPSA) is 149 Å². The van der Waals surface area contributed by atoms with Crippen LogP contribution in [0.4, 0.5) is 0 Å². The predicted octanol–water partition coefficient (Wildman–Crippen LogP) is 14.6. The molecule has 0 bridgehead atoms. The van der Waals surface area contributed by atoms with Gasteiger partial charge in [0.25, 0.3) is 0 Å². The van der Waals surface area contributed by atoms with E-state index in [0.29, 0.717) is 12.8 Å². The summed E-state index contributed by atoms with van der Waals surface area (Å²) in [6, 6.07) is -0.877. The van der Waals surface area contributed by atoms with Gasteiger partial charge < -0.3 is 40.3 Å². The zero-order valence-corrected chi connectivity index (χ0v) is 45.6. The Kier molecular flexibility index (Phi) is 47.7. The molecule has 0 aliphatic carbocycles. The second-order valence-corrected chi connectivity index (χ2v) is 19.7. The normalized spacial score (nSPS) is 20.0. The Balaban J connectivity index is 2.29. The molecule has 1 fully saturated rings. The molecular weight excluding hydrogens is 899 g/mol. The smallest absolute Gasteiger partial charge is 0.220 e. The highest BCUT2D eigenvalue weighted by atomic mass is 16.7. The van der Waals surface area contributed by atoms with Gasteiger partial charge in [-0.15, -0.1) is 0 Å². The highest BCUT2D eigenvalue weighted by molar-refractivity contribution is 5.76. The lowest BCUT2D eigenvalue weighted by Gasteiger charge is -2.40. The molecule has 9 heteroatoms. The van der Waals surface area contributed by atoms with Crippen molar-refractivity contribution >= 4 is 5.91 Å². The standard InChI is InChI=1S/C63H107NO8/c1-3-5-7-9-11-13-15-17-19-21-23-24-25-26-27-28-29-30-31-32-33-35-36-38-40-42-44-46-48-50-52-57(66)56(55-71-63-62(70)61(69)60(68)58(54-65)72-63)64-59(67)53-51-49-47-45-43-41-39-37-34-22-20-18-16-14-12-10-8-6-4-2/h6,8,12,14,18,20,34-37,41-44,47,49-50,52,56-58,60-63,65-66,68-70H,3-5,7,9-11,13,15-17,19,21-33,38-40,45-46,48,51,53-55H2,1-2H3,(H,64,67)/b8-6-,14-12-,20-18-,36-35+,37-34-,43-41-,44-42+,49-47-,52-50+. The van der Waals surface area contributed by atoms with E-state index < -0.39 is 49.5 Å². The van der Waals surface area contributed by atoms with Crippen LogP contribution < -0.4 is 5.32 Å². The predicted molar refractivity (Wildman–Crippen MR) is 304 cm³/mol. The van der Waals surface area contributed by atoms with Crippen LogP contribution in [0.25, 0.3) is 0 Å². The molecule has 7 atom stereocenters. The Morgan fingerprint density at radius 1 is 0.486 bits per heavy atom. The van der Waals surface area contributed by atoms with E-state index in [1.165, 1.54) is 128 Å². The molecule has 1 heterocycles. The number of ether oxygens (including phenoxy) is 2. The molecule has 1 rings (SSSR count). The van der Waals surface area contributed by atoms with Gasteiger partial charge in [-0.3, -0.25) is 4.79 Å². The lowest BCUT2D eigenvalue weighted by Crippen LogP contribution is -2.60. The van der Waals surface area contributed by atoms with E-state index in [2.05, 4.69) is 104 Å². The summed E-state index contributed by atoms with van der Waals surface area (Å²) in [6.45, 7) is 3.60. The molecule has 0 spiro atoms. The molecule has 7 unspecified atom stereocenters. The molecule has 0 aromatic rings. The number of carbonyl (C=O) groups excluding carboxylic acids is 1. The van der Waals surface area contributed by atoms with Crippen molar-refractivity contribution in [2.45, 2.75) is 269 Å². The zero-order valence-electron chi connectivity index (χ0n) is 45.6. The van der Waals surface area contributed by atoms with E-state index in [9.17, 15) is 30.3 Å². The molecule has 0 saturated carbocycles. The molecule has 412 valence electrons. The van der Waals surface area contributed by atoms with Crippen molar-refractivity contribution in [1.29, 1.82) is 0 Å². The number of nitrogens with one attached hydrogen (secondary N) is 1.